The molecule has 0 radical (unpaired) electrons. The van der Waals surface area contributed by atoms with Gasteiger partial charge in [0, 0.05) is 12.2 Å². The maximum absolute atomic E-state index is 12.6. The van der Waals surface area contributed by atoms with Gasteiger partial charge in [0.1, 0.15) is 5.75 Å². The molecule has 0 bridgehead atoms. The van der Waals surface area contributed by atoms with Crippen LogP contribution in [0.25, 0.3) is 0 Å². The fraction of sp³-hybridized carbons (Fsp3) is 0.333. The van der Waals surface area contributed by atoms with Crippen LogP contribution in [-0.2, 0) is 16.0 Å². The number of carbonyl (C=O) groups is 2. The summed E-state index contributed by atoms with van der Waals surface area (Å²) < 4.78 is 10.8. The number of hydrogen-bond acceptors (Lipinski definition) is 4. The molecule has 5 heteroatoms. The van der Waals surface area contributed by atoms with Crippen LogP contribution in [0.5, 0.6) is 5.75 Å². The number of ether oxygens (including phenoxy) is 2. The molecule has 2 aromatic rings. The molecule has 1 aliphatic heterocycles. The Morgan fingerprint density at radius 1 is 1.08 bits per heavy atom. The molecule has 0 spiro atoms. The lowest BCUT2D eigenvalue weighted by Crippen LogP contribution is -2.38. The van der Waals surface area contributed by atoms with Crippen molar-refractivity contribution < 1.29 is 19.1 Å². The van der Waals surface area contributed by atoms with Crippen molar-refractivity contribution in [2.45, 2.75) is 32.8 Å². The minimum Gasteiger partial charge on any atom is -0.484 e. The lowest BCUT2D eigenvalue weighted by Gasteiger charge is -2.29. The average Bonchev–Trinajstić information content (AvgIpc) is 2.65. The van der Waals surface area contributed by atoms with E-state index in [2.05, 4.69) is 6.07 Å². The van der Waals surface area contributed by atoms with Gasteiger partial charge < -0.3 is 14.4 Å². The maximum atomic E-state index is 12.6. The topological polar surface area (TPSA) is 55.8 Å². The van der Waals surface area contributed by atoms with Crippen LogP contribution in [0.4, 0.5) is 5.69 Å². The largest absolute Gasteiger partial charge is 0.484 e. The lowest BCUT2D eigenvalue weighted by molar-refractivity contribution is -0.120. The summed E-state index contributed by atoms with van der Waals surface area (Å²) in [6.07, 6.45) is 1.79. The van der Waals surface area contributed by atoms with E-state index in [-0.39, 0.29) is 24.6 Å². The number of nitrogens with zero attached hydrogens (tertiary/aromatic N) is 1. The van der Waals surface area contributed by atoms with Gasteiger partial charge in [-0.05, 0) is 62.6 Å². The molecule has 1 aliphatic rings. The number of rotatable bonds is 5. The summed E-state index contributed by atoms with van der Waals surface area (Å²) in [5, 5.41) is 0. The van der Waals surface area contributed by atoms with Gasteiger partial charge in [-0.15, -0.1) is 0 Å². The third-order valence-corrected chi connectivity index (χ3v) is 4.21. The first kappa shape index (κ1) is 18.0. The van der Waals surface area contributed by atoms with Crippen LogP contribution in [0.2, 0.25) is 0 Å². The van der Waals surface area contributed by atoms with E-state index < -0.39 is 0 Å². The highest BCUT2D eigenvalue weighted by Gasteiger charge is 2.22. The van der Waals surface area contributed by atoms with Crippen molar-refractivity contribution in [1.29, 1.82) is 0 Å². The molecular formula is C21H23NO4. The zero-order valence-electron chi connectivity index (χ0n) is 15.1. The van der Waals surface area contributed by atoms with E-state index in [0.29, 0.717) is 17.9 Å². The molecule has 0 saturated carbocycles. The molecule has 0 N–H and O–H groups in total. The summed E-state index contributed by atoms with van der Waals surface area (Å²) in [6.45, 7) is 4.28. The average molecular weight is 353 g/mol. The van der Waals surface area contributed by atoms with Crippen LogP contribution in [0.15, 0.2) is 48.5 Å². The smallest absolute Gasteiger partial charge is 0.338 e. The van der Waals surface area contributed by atoms with E-state index in [1.807, 2.05) is 18.2 Å². The van der Waals surface area contributed by atoms with Gasteiger partial charge >= 0.3 is 5.97 Å². The van der Waals surface area contributed by atoms with Crippen molar-refractivity contribution >= 4 is 17.6 Å². The summed E-state index contributed by atoms with van der Waals surface area (Å²) in [5.41, 5.74) is 2.63. The number of benzene rings is 2. The number of amides is 1. The normalized spacial score (nSPS) is 13.3. The second kappa shape index (κ2) is 8.04. The Labute approximate surface area is 153 Å². The summed E-state index contributed by atoms with van der Waals surface area (Å²) in [7, 11) is 0. The Bertz CT molecular complexity index is 783. The molecule has 0 saturated heterocycles. The number of anilines is 1. The highest BCUT2D eigenvalue weighted by molar-refractivity contribution is 5.95. The van der Waals surface area contributed by atoms with Crippen LogP contribution in [0.1, 0.15) is 36.2 Å². The lowest BCUT2D eigenvalue weighted by atomic mass is 10.0. The fourth-order valence-corrected chi connectivity index (χ4v) is 2.99. The number of hydrogen-bond donors (Lipinski definition) is 0. The minimum atomic E-state index is -0.368. The van der Waals surface area contributed by atoms with Gasteiger partial charge in [-0.3, -0.25) is 4.79 Å². The van der Waals surface area contributed by atoms with Crippen molar-refractivity contribution in [1.82, 2.24) is 0 Å². The number of para-hydroxylation sites is 1. The molecule has 5 nitrogen and oxygen atoms in total. The Kier molecular flexibility index (Phi) is 5.56. The summed E-state index contributed by atoms with van der Waals surface area (Å²) in [6, 6.07) is 14.6. The van der Waals surface area contributed by atoms with Crippen LogP contribution in [-0.4, -0.2) is 31.1 Å². The van der Waals surface area contributed by atoms with Gasteiger partial charge in [0.05, 0.1) is 11.7 Å². The summed E-state index contributed by atoms with van der Waals surface area (Å²) >= 11 is 0. The molecule has 3 rings (SSSR count). The van der Waals surface area contributed by atoms with Gasteiger partial charge in [0.15, 0.2) is 6.61 Å². The quantitative estimate of drug-likeness (QED) is 0.771. The van der Waals surface area contributed by atoms with Crippen LogP contribution in [0, 0.1) is 0 Å². The second-order valence-electron chi connectivity index (χ2n) is 6.54. The molecule has 0 aliphatic carbocycles. The Hall–Kier alpha value is -2.82. The Morgan fingerprint density at radius 3 is 2.54 bits per heavy atom. The zero-order valence-corrected chi connectivity index (χ0v) is 15.1. The second-order valence-corrected chi connectivity index (χ2v) is 6.54. The first-order chi connectivity index (χ1) is 12.5. The minimum absolute atomic E-state index is 0.0376. The van der Waals surface area contributed by atoms with E-state index in [1.165, 1.54) is 5.56 Å². The van der Waals surface area contributed by atoms with Gasteiger partial charge in [0.2, 0.25) is 0 Å². The molecule has 26 heavy (non-hydrogen) atoms. The molecule has 0 atom stereocenters. The van der Waals surface area contributed by atoms with Crippen molar-refractivity contribution in [2.75, 3.05) is 18.1 Å². The molecule has 136 valence electrons. The van der Waals surface area contributed by atoms with Crippen LogP contribution in [0.3, 0.4) is 0 Å². The number of fused-ring (bicyclic) bond motifs is 1. The summed E-state index contributed by atoms with van der Waals surface area (Å²) in [4.78, 5) is 26.2. The molecule has 1 amide bonds. The Morgan fingerprint density at radius 2 is 1.81 bits per heavy atom. The molecule has 0 unspecified atom stereocenters. The van der Waals surface area contributed by atoms with Gasteiger partial charge in [-0.1, -0.05) is 18.2 Å². The maximum Gasteiger partial charge on any atom is 0.338 e. The fourth-order valence-electron chi connectivity index (χ4n) is 2.99. The van der Waals surface area contributed by atoms with Crippen LogP contribution >= 0.6 is 0 Å². The van der Waals surface area contributed by atoms with Gasteiger partial charge in [0.25, 0.3) is 5.91 Å². The van der Waals surface area contributed by atoms with E-state index in [4.69, 9.17) is 9.47 Å². The zero-order chi connectivity index (χ0) is 18.5. The van der Waals surface area contributed by atoms with E-state index in [9.17, 15) is 9.59 Å². The van der Waals surface area contributed by atoms with Crippen molar-refractivity contribution in [3.63, 3.8) is 0 Å². The highest BCUT2D eigenvalue weighted by atomic mass is 16.5. The monoisotopic (exact) mass is 353 g/mol. The standard InChI is InChI=1S/C21H23NO4/c1-15(2)26-21(24)17-9-11-18(12-10-17)25-14-20(23)22-13-5-7-16-6-3-4-8-19(16)22/h3-4,6,8-12,15H,5,7,13-14H2,1-2H3. The molecule has 0 aromatic heterocycles. The SMILES string of the molecule is CC(C)OC(=O)c1ccc(OCC(=O)N2CCCc3ccccc32)cc1. The third kappa shape index (κ3) is 4.23. The molecule has 2 aromatic carbocycles. The number of esters is 1. The highest BCUT2D eigenvalue weighted by Crippen LogP contribution is 2.26. The van der Waals surface area contributed by atoms with Crippen LogP contribution < -0.4 is 9.64 Å². The predicted molar refractivity (Wildman–Crippen MR) is 99.6 cm³/mol. The first-order valence-electron chi connectivity index (χ1n) is 8.86. The van der Waals surface area contributed by atoms with Gasteiger partial charge in [-0.25, -0.2) is 4.79 Å². The number of aryl methyl sites for hydroxylation is 1. The number of carbonyl (C=O) groups excluding carboxylic acids is 2. The van der Waals surface area contributed by atoms with E-state index >= 15 is 0 Å². The Balaban J connectivity index is 1.59. The molecule has 1 heterocycles. The van der Waals surface area contributed by atoms with Gasteiger partial charge in [-0.2, -0.15) is 0 Å². The molecule has 0 fully saturated rings. The molecular weight excluding hydrogens is 330 g/mol. The predicted octanol–water partition coefficient (Wildman–Crippen LogP) is 3.61. The van der Waals surface area contributed by atoms with E-state index in [1.54, 1.807) is 43.0 Å². The third-order valence-electron chi connectivity index (χ3n) is 4.21. The summed E-state index contributed by atoms with van der Waals surface area (Å²) in [5.74, 6) is 0.109. The van der Waals surface area contributed by atoms with Crippen molar-refractivity contribution in [2.24, 2.45) is 0 Å². The van der Waals surface area contributed by atoms with Crippen molar-refractivity contribution in [3.8, 4) is 5.75 Å². The first-order valence-corrected chi connectivity index (χ1v) is 8.86. The van der Waals surface area contributed by atoms with Crippen molar-refractivity contribution in [3.05, 3.63) is 59.7 Å². The van der Waals surface area contributed by atoms with E-state index in [0.717, 1.165) is 18.5 Å².